The lowest BCUT2D eigenvalue weighted by Gasteiger charge is -2.42. The van der Waals surface area contributed by atoms with Crippen molar-refractivity contribution in [2.75, 3.05) is 32.7 Å². The first-order chi connectivity index (χ1) is 9.96. The Bertz CT molecular complexity index is 324. The van der Waals surface area contributed by atoms with Crippen LogP contribution in [-0.4, -0.2) is 54.1 Å². The van der Waals surface area contributed by atoms with E-state index in [9.17, 15) is 0 Å². The van der Waals surface area contributed by atoms with Crippen LogP contribution in [0, 0.1) is 5.41 Å². The topological polar surface area (TPSA) is 32.5 Å². The van der Waals surface area contributed by atoms with E-state index in [4.69, 9.17) is 5.73 Å². The molecule has 2 fully saturated rings. The Labute approximate surface area is 132 Å². The number of likely N-dealkylation sites (N-methyl/N-ethyl adjacent to an activating group) is 1. The van der Waals surface area contributed by atoms with Gasteiger partial charge >= 0.3 is 0 Å². The average Bonchev–Trinajstić information content (AvgIpc) is 2.88. The minimum absolute atomic E-state index is 0.287. The zero-order valence-corrected chi connectivity index (χ0v) is 14.8. The van der Waals surface area contributed by atoms with E-state index in [1.807, 2.05) is 0 Å². The Balaban J connectivity index is 2.04. The summed E-state index contributed by atoms with van der Waals surface area (Å²) in [5, 5.41) is 0. The Kier molecular flexibility index (Phi) is 5.72. The average molecular weight is 296 g/mol. The molecular formula is C18H37N3. The third kappa shape index (κ3) is 3.80. The third-order valence-corrected chi connectivity index (χ3v) is 6.31. The van der Waals surface area contributed by atoms with Crippen molar-refractivity contribution in [3.8, 4) is 0 Å². The number of nitrogens with zero attached hydrogens (tertiary/aromatic N) is 2. The van der Waals surface area contributed by atoms with Gasteiger partial charge in [0, 0.05) is 31.2 Å². The minimum atomic E-state index is 0.287. The molecule has 1 aliphatic heterocycles. The van der Waals surface area contributed by atoms with Gasteiger partial charge in [-0.25, -0.2) is 0 Å². The molecule has 2 unspecified atom stereocenters. The van der Waals surface area contributed by atoms with Crippen LogP contribution in [0.3, 0.4) is 0 Å². The Hall–Kier alpha value is -0.120. The Morgan fingerprint density at radius 2 is 1.81 bits per heavy atom. The maximum absolute atomic E-state index is 6.31. The van der Waals surface area contributed by atoms with Gasteiger partial charge in [-0.05, 0) is 50.6 Å². The molecule has 3 nitrogen and oxygen atoms in total. The smallest absolute Gasteiger partial charge is 0.0332 e. The number of hydrogen-bond acceptors (Lipinski definition) is 3. The van der Waals surface area contributed by atoms with Crippen molar-refractivity contribution >= 4 is 0 Å². The summed E-state index contributed by atoms with van der Waals surface area (Å²) < 4.78 is 0. The lowest BCUT2D eigenvalue weighted by molar-refractivity contribution is 0.0896. The summed E-state index contributed by atoms with van der Waals surface area (Å²) in [7, 11) is 0. The van der Waals surface area contributed by atoms with Gasteiger partial charge in [0.25, 0.3) is 0 Å². The summed E-state index contributed by atoms with van der Waals surface area (Å²) in [6.45, 7) is 15.1. The van der Waals surface area contributed by atoms with Crippen LogP contribution in [-0.2, 0) is 0 Å². The molecule has 0 amide bonds. The predicted molar refractivity (Wildman–Crippen MR) is 91.6 cm³/mol. The van der Waals surface area contributed by atoms with Crippen molar-refractivity contribution in [2.24, 2.45) is 11.1 Å². The first kappa shape index (κ1) is 17.2. The summed E-state index contributed by atoms with van der Waals surface area (Å²) in [6.07, 6.45) is 7.96. The minimum Gasteiger partial charge on any atom is -0.329 e. The molecule has 0 bridgehead atoms. The van der Waals surface area contributed by atoms with Crippen LogP contribution >= 0.6 is 0 Å². The van der Waals surface area contributed by atoms with Gasteiger partial charge in [0.15, 0.2) is 0 Å². The second-order valence-electron chi connectivity index (χ2n) is 8.06. The van der Waals surface area contributed by atoms with Gasteiger partial charge < -0.3 is 5.73 Å². The fraction of sp³-hybridized carbons (Fsp3) is 1.00. The van der Waals surface area contributed by atoms with E-state index in [1.165, 1.54) is 64.7 Å². The zero-order chi connectivity index (χ0) is 15.5. The highest BCUT2D eigenvalue weighted by atomic mass is 15.3. The summed E-state index contributed by atoms with van der Waals surface area (Å²) in [5.41, 5.74) is 7.10. The van der Waals surface area contributed by atoms with Crippen LogP contribution in [0.15, 0.2) is 0 Å². The van der Waals surface area contributed by atoms with Gasteiger partial charge in [0.1, 0.15) is 0 Å². The fourth-order valence-corrected chi connectivity index (χ4v) is 4.58. The molecule has 0 aromatic heterocycles. The number of likely N-dealkylation sites (tertiary alicyclic amines) is 1. The van der Waals surface area contributed by atoms with Crippen LogP contribution in [0.1, 0.15) is 66.2 Å². The van der Waals surface area contributed by atoms with Crippen molar-refractivity contribution in [1.29, 1.82) is 0 Å². The second-order valence-corrected chi connectivity index (χ2v) is 8.06. The normalized spacial score (nSPS) is 34.3. The second kappa shape index (κ2) is 6.97. The first-order valence-electron chi connectivity index (χ1n) is 9.15. The molecule has 1 saturated carbocycles. The van der Waals surface area contributed by atoms with Crippen molar-refractivity contribution in [3.63, 3.8) is 0 Å². The molecule has 0 spiro atoms. The van der Waals surface area contributed by atoms with Crippen LogP contribution < -0.4 is 5.73 Å². The van der Waals surface area contributed by atoms with E-state index < -0.39 is 0 Å². The molecule has 1 aliphatic carbocycles. The Morgan fingerprint density at radius 3 is 2.43 bits per heavy atom. The maximum Gasteiger partial charge on any atom is 0.0332 e. The molecule has 2 rings (SSSR count). The molecule has 124 valence electrons. The van der Waals surface area contributed by atoms with Gasteiger partial charge in [-0.15, -0.1) is 0 Å². The molecule has 1 saturated heterocycles. The SMILES string of the molecule is CCN(CC)C1CCN(C2(CN)CCCC(C)(C)CC2)C1. The molecular weight excluding hydrogens is 258 g/mol. The highest BCUT2D eigenvalue weighted by Gasteiger charge is 2.42. The van der Waals surface area contributed by atoms with Crippen molar-refractivity contribution in [1.82, 2.24) is 9.80 Å². The molecule has 0 radical (unpaired) electrons. The van der Waals surface area contributed by atoms with E-state index in [-0.39, 0.29) is 5.54 Å². The predicted octanol–water partition coefficient (Wildman–Crippen LogP) is 3.09. The van der Waals surface area contributed by atoms with Crippen LogP contribution in [0.25, 0.3) is 0 Å². The van der Waals surface area contributed by atoms with Crippen molar-refractivity contribution < 1.29 is 0 Å². The van der Waals surface area contributed by atoms with Gasteiger partial charge in [0.05, 0.1) is 0 Å². The standard InChI is InChI=1S/C18H37N3/c1-5-20(6-2)16-8-13-21(14-16)18(15-19)10-7-9-17(3,4)11-12-18/h16H,5-15,19H2,1-4H3. The van der Waals surface area contributed by atoms with Crippen molar-refractivity contribution in [2.45, 2.75) is 77.8 Å². The number of nitrogens with two attached hydrogens (primary N) is 1. The highest BCUT2D eigenvalue weighted by Crippen LogP contribution is 2.41. The lowest BCUT2D eigenvalue weighted by Crippen LogP contribution is -2.53. The molecule has 0 aromatic rings. The van der Waals surface area contributed by atoms with Gasteiger partial charge in [-0.1, -0.05) is 34.1 Å². The Morgan fingerprint density at radius 1 is 1.10 bits per heavy atom. The molecule has 1 heterocycles. The lowest BCUT2D eigenvalue weighted by atomic mass is 9.83. The van der Waals surface area contributed by atoms with E-state index in [0.717, 1.165) is 12.6 Å². The third-order valence-electron chi connectivity index (χ3n) is 6.31. The van der Waals surface area contributed by atoms with E-state index in [2.05, 4.69) is 37.5 Å². The molecule has 2 atom stereocenters. The van der Waals surface area contributed by atoms with E-state index >= 15 is 0 Å². The van der Waals surface area contributed by atoms with Crippen LogP contribution in [0.4, 0.5) is 0 Å². The monoisotopic (exact) mass is 295 g/mol. The molecule has 3 heteroatoms. The molecule has 2 N–H and O–H groups in total. The highest BCUT2D eigenvalue weighted by molar-refractivity contribution is 5.00. The summed E-state index contributed by atoms with van der Waals surface area (Å²) >= 11 is 0. The van der Waals surface area contributed by atoms with Gasteiger partial charge in [0.2, 0.25) is 0 Å². The zero-order valence-electron chi connectivity index (χ0n) is 14.8. The van der Waals surface area contributed by atoms with Crippen molar-refractivity contribution in [3.05, 3.63) is 0 Å². The summed E-state index contributed by atoms with van der Waals surface area (Å²) in [6, 6.07) is 0.750. The van der Waals surface area contributed by atoms with Crippen LogP contribution in [0.5, 0.6) is 0 Å². The summed E-state index contributed by atoms with van der Waals surface area (Å²) in [4.78, 5) is 5.39. The van der Waals surface area contributed by atoms with Gasteiger partial charge in [-0.2, -0.15) is 0 Å². The van der Waals surface area contributed by atoms with Crippen LogP contribution in [0.2, 0.25) is 0 Å². The molecule has 2 aliphatic rings. The largest absolute Gasteiger partial charge is 0.329 e. The summed E-state index contributed by atoms with van der Waals surface area (Å²) in [5.74, 6) is 0. The first-order valence-corrected chi connectivity index (χ1v) is 9.15. The number of rotatable bonds is 5. The van der Waals surface area contributed by atoms with E-state index in [1.54, 1.807) is 0 Å². The molecule has 21 heavy (non-hydrogen) atoms. The quantitative estimate of drug-likeness (QED) is 0.791. The van der Waals surface area contributed by atoms with Gasteiger partial charge in [-0.3, -0.25) is 9.80 Å². The fourth-order valence-electron chi connectivity index (χ4n) is 4.58. The molecule has 0 aromatic carbocycles. The van der Waals surface area contributed by atoms with E-state index in [0.29, 0.717) is 5.41 Å². The maximum atomic E-state index is 6.31. The number of hydrogen-bond donors (Lipinski definition) is 1.